The quantitative estimate of drug-likeness (QED) is 0.502. The lowest BCUT2D eigenvalue weighted by Crippen LogP contribution is -2.38. The molecule has 1 fully saturated rings. The van der Waals surface area contributed by atoms with Gasteiger partial charge in [0.2, 0.25) is 0 Å². The van der Waals surface area contributed by atoms with Crippen LogP contribution in [0.3, 0.4) is 0 Å². The van der Waals surface area contributed by atoms with Crippen LogP contribution < -0.4 is 0 Å². The smallest absolute Gasteiger partial charge is 0.0404 e. The normalized spacial score (nSPS) is 31.3. The maximum absolute atomic E-state index is 5.57. The standard InChI is InChI=1S/C11H20ClN/c1-10-7-11(2)9-13(8-10)6-4-3-5-12/h3-4,10-11H,5-9H2,1-2H3. The second kappa shape index (κ2) is 5.66. The van der Waals surface area contributed by atoms with E-state index in [1.165, 1.54) is 19.5 Å². The number of halogens is 1. The molecule has 76 valence electrons. The minimum Gasteiger partial charge on any atom is -0.299 e. The van der Waals surface area contributed by atoms with E-state index in [0.717, 1.165) is 18.4 Å². The number of hydrogen-bond donors (Lipinski definition) is 0. The minimum absolute atomic E-state index is 0.638. The first-order chi connectivity index (χ1) is 6.22. The number of rotatable bonds is 3. The predicted octanol–water partition coefficient (Wildman–Crippen LogP) is 2.76. The maximum atomic E-state index is 5.57. The molecular formula is C11H20ClN. The van der Waals surface area contributed by atoms with Crippen LogP contribution in [0.15, 0.2) is 12.2 Å². The van der Waals surface area contributed by atoms with Gasteiger partial charge in [0.25, 0.3) is 0 Å². The Morgan fingerprint density at radius 2 is 1.85 bits per heavy atom. The van der Waals surface area contributed by atoms with E-state index in [2.05, 4.69) is 24.8 Å². The van der Waals surface area contributed by atoms with Crippen LogP contribution in [0.4, 0.5) is 0 Å². The summed E-state index contributed by atoms with van der Waals surface area (Å²) in [6.45, 7) is 8.25. The number of alkyl halides is 1. The average molecular weight is 202 g/mol. The summed E-state index contributed by atoms with van der Waals surface area (Å²) in [6.07, 6.45) is 5.60. The van der Waals surface area contributed by atoms with Crippen molar-refractivity contribution >= 4 is 11.6 Å². The highest BCUT2D eigenvalue weighted by molar-refractivity contribution is 6.18. The fraction of sp³-hybridized carbons (Fsp3) is 0.818. The summed E-state index contributed by atoms with van der Waals surface area (Å²) in [5.74, 6) is 2.35. The number of piperidine rings is 1. The van der Waals surface area contributed by atoms with Crippen LogP contribution in [-0.4, -0.2) is 30.4 Å². The zero-order valence-electron chi connectivity index (χ0n) is 8.67. The van der Waals surface area contributed by atoms with Gasteiger partial charge >= 0.3 is 0 Å². The molecule has 0 aromatic heterocycles. The van der Waals surface area contributed by atoms with Gasteiger partial charge in [-0.15, -0.1) is 11.6 Å². The van der Waals surface area contributed by atoms with Crippen molar-refractivity contribution in [2.24, 2.45) is 11.8 Å². The molecule has 0 aromatic carbocycles. The number of nitrogens with zero attached hydrogens (tertiary/aromatic N) is 1. The minimum atomic E-state index is 0.638. The third-order valence-electron chi connectivity index (χ3n) is 2.56. The monoisotopic (exact) mass is 201 g/mol. The Bertz CT molecular complexity index is 157. The van der Waals surface area contributed by atoms with Crippen molar-refractivity contribution in [3.8, 4) is 0 Å². The molecule has 0 aromatic rings. The van der Waals surface area contributed by atoms with Gasteiger partial charge in [-0.05, 0) is 18.3 Å². The first kappa shape index (κ1) is 11.1. The second-order valence-electron chi connectivity index (χ2n) is 4.29. The summed E-state index contributed by atoms with van der Waals surface area (Å²) in [6, 6.07) is 0. The Labute approximate surface area is 86.8 Å². The molecule has 2 atom stereocenters. The Balaban J connectivity index is 2.28. The van der Waals surface area contributed by atoms with Crippen LogP contribution in [-0.2, 0) is 0 Å². The van der Waals surface area contributed by atoms with E-state index in [-0.39, 0.29) is 0 Å². The van der Waals surface area contributed by atoms with E-state index < -0.39 is 0 Å². The van der Waals surface area contributed by atoms with Crippen LogP contribution in [0.5, 0.6) is 0 Å². The molecule has 0 spiro atoms. The van der Waals surface area contributed by atoms with Crippen LogP contribution in [0.2, 0.25) is 0 Å². The van der Waals surface area contributed by atoms with Gasteiger partial charge < -0.3 is 0 Å². The van der Waals surface area contributed by atoms with Crippen LogP contribution in [0.25, 0.3) is 0 Å². The number of likely N-dealkylation sites (tertiary alicyclic amines) is 1. The van der Waals surface area contributed by atoms with Gasteiger partial charge in [0, 0.05) is 25.5 Å². The molecular weight excluding hydrogens is 182 g/mol. The first-order valence-corrected chi connectivity index (χ1v) is 5.69. The average Bonchev–Trinajstić information content (AvgIpc) is 2.03. The van der Waals surface area contributed by atoms with Gasteiger partial charge in [0.15, 0.2) is 0 Å². The number of allylic oxidation sites excluding steroid dienone is 1. The summed E-state index contributed by atoms with van der Waals surface area (Å²) in [5.41, 5.74) is 0. The van der Waals surface area contributed by atoms with Crippen molar-refractivity contribution in [3.05, 3.63) is 12.2 Å². The van der Waals surface area contributed by atoms with E-state index in [1.54, 1.807) is 0 Å². The lowest BCUT2D eigenvalue weighted by atomic mass is 9.92. The molecule has 0 bridgehead atoms. The first-order valence-electron chi connectivity index (χ1n) is 5.15. The Morgan fingerprint density at radius 3 is 2.38 bits per heavy atom. The lowest BCUT2D eigenvalue weighted by molar-refractivity contribution is 0.155. The van der Waals surface area contributed by atoms with Crippen LogP contribution in [0, 0.1) is 11.8 Å². The van der Waals surface area contributed by atoms with Gasteiger partial charge in [0.1, 0.15) is 0 Å². The second-order valence-corrected chi connectivity index (χ2v) is 4.60. The highest BCUT2D eigenvalue weighted by Crippen LogP contribution is 2.20. The molecule has 0 radical (unpaired) electrons. The Morgan fingerprint density at radius 1 is 1.23 bits per heavy atom. The summed E-state index contributed by atoms with van der Waals surface area (Å²) < 4.78 is 0. The van der Waals surface area contributed by atoms with E-state index in [0.29, 0.717) is 5.88 Å². The molecule has 1 aliphatic heterocycles. The van der Waals surface area contributed by atoms with Crippen molar-refractivity contribution < 1.29 is 0 Å². The molecule has 1 nitrogen and oxygen atoms in total. The molecule has 1 rings (SSSR count). The summed E-state index contributed by atoms with van der Waals surface area (Å²) in [7, 11) is 0. The molecule has 0 saturated carbocycles. The Kier molecular flexibility index (Phi) is 4.82. The van der Waals surface area contributed by atoms with Crippen molar-refractivity contribution in [3.63, 3.8) is 0 Å². The van der Waals surface area contributed by atoms with Crippen molar-refractivity contribution in [1.82, 2.24) is 4.90 Å². The van der Waals surface area contributed by atoms with Crippen LogP contribution >= 0.6 is 11.6 Å². The SMILES string of the molecule is CC1CC(C)CN(CC=CCCl)C1. The van der Waals surface area contributed by atoms with E-state index in [4.69, 9.17) is 11.6 Å². The highest BCUT2D eigenvalue weighted by Gasteiger charge is 2.20. The zero-order valence-corrected chi connectivity index (χ0v) is 9.43. The topological polar surface area (TPSA) is 3.24 Å². The van der Waals surface area contributed by atoms with Crippen molar-refractivity contribution in [1.29, 1.82) is 0 Å². The highest BCUT2D eigenvalue weighted by atomic mass is 35.5. The molecule has 0 amide bonds. The van der Waals surface area contributed by atoms with Crippen molar-refractivity contribution in [2.45, 2.75) is 20.3 Å². The maximum Gasteiger partial charge on any atom is 0.0404 e. The van der Waals surface area contributed by atoms with Gasteiger partial charge in [-0.2, -0.15) is 0 Å². The van der Waals surface area contributed by atoms with E-state index in [1.807, 2.05) is 6.08 Å². The molecule has 13 heavy (non-hydrogen) atoms. The van der Waals surface area contributed by atoms with Crippen molar-refractivity contribution in [2.75, 3.05) is 25.5 Å². The summed E-state index contributed by atoms with van der Waals surface area (Å²) >= 11 is 5.57. The van der Waals surface area contributed by atoms with E-state index in [9.17, 15) is 0 Å². The molecule has 2 heteroatoms. The van der Waals surface area contributed by atoms with E-state index >= 15 is 0 Å². The van der Waals surface area contributed by atoms with Gasteiger partial charge in [-0.3, -0.25) is 4.90 Å². The molecule has 2 unspecified atom stereocenters. The fourth-order valence-electron chi connectivity index (χ4n) is 2.23. The van der Waals surface area contributed by atoms with Gasteiger partial charge in [-0.1, -0.05) is 26.0 Å². The predicted molar refractivity (Wildman–Crippen MR) is 59.2 cm³/mol. The molecule has 1 heterocycles. The largest absolute Gasteiger partial charge is 0.299 e. The summed E-state index contributed by atoms with van der Waals surface area (Å²) in [5, 5.41) is 0. The fourth-order valence-corrected chi connectivity index (χ4v) is 2.35. The zero-order chi connectivity index (χ0) is 9.68. The van der Waals surface area contributed by atoms with Crippen LogP contribution in [0.1, 0.15) is 20.3 Å². The molecule has 1 saturated heterocycles. The molecule has 0 aliphatic carbocycles. The molecule has 0 N–H and O–H groups in total. The molecule has 1 aliphatic rings. The Hall–Kier alpha value is -0.0100. The third-order valence-corrected chi connectivity index (χ3v) is 2.74. The lowest BCUT2D eigenvalue weighted by Gasteiger charge is -2.34. The third kappa shape index (κ3) is 4.15. The summed E-state index contributed by atoms with van der Waals surface area (Å²) in [4.78, 5) is 2.52. The van der Waals surface area contributed by atoms with Gasteiger partial charge in [0.05, 0.1) is 0 Å². The number of hydrogen-bond acceptors (Lipinski definition) is 1. The van der Waals surface area contributed by atoms with Gasteiger partial charge in [-0.25, -0.2) is 0 Å².